The van der Waals surface area contributed by atoms with Gasteiger partial charge in [0.1, 0.15) is 16.2 Å². The Labute approximate surface area is 142 Å². The Bertz CT molecular complexity index is 732. The fourth-order valence-corrected chi connectivity index (χ4v) is 4.33. The zero-order chi connectivity index (χ0) is 16.6. The molecule has 0 radical (unpaired) electrons. The van der Waals surface area contributed by atoms with Crippen molar-refractivity contribution < 1.29 is 15.0 Å². The molecule has 2 aromatic rings. The molecule has 124 valence electrons. The summed E-state index contributed by atoms with van der Waals surface area (Å²) in [4.78, 5) is 24.6. The van der Waals surface area contributed by atoms with Gasteiger partial charge in [-0.2, -0.15) is 0 Å². The monoisotopic (exact) mass is 353 g/mol. The SMILES string of the molecule is Cc1cc2c(SCC(=O)N3CC[C@@](C)(O)[C@@H](O)C3)ncnc2s1. The van der Waals surface area contributed by atoms with Gasteiger partial charge in [0.2, 0.25) is 5.91 Å². The summed E-state index contributed by atoms with van der Waals surface area (Å²) >= 11 is 2.99. The molecule has 2 N–H and O–H groups in total. The van der Waals surface area contributed by atoms with Crippen molar-refractivity contribution in [2.75, 3.05) is 18.8 Å². The minimum Gasteiger partial charge on any atom is -0.388 e. The first-order valence-corrected chi connectivity index (χ1v) is 9.19. The number of β-amino-alcohol motifs (C(OH)–C–C–N with tert-alkyl or cyclic N) is 1. The zero-order valence-electron chi connectivity index (χ0n) is 13.0. The van der Waals surface area contributed by atoms with Crippen molar-refractivity contribution in [3.8, 4) is 0 Å². The molecule has 6 nitrogen and oxygen atoms in total. The minimum atomic E-state index is -1.11. The Hall–Kier alpha value is -1.22. The largest absolute Gasteiger partial charge is 0.388 e. The maximum atomic E-state index is 12.3. The van der Waals surface area contributed by atoms with Crippen LogP contribution in [0.15, 0.2) is 17.4 Å². The number of carbonyl (C=O) groups is 1. The quantitative estimate of drug-likeness (QED) is 0.641. The van der Waals surface area contributed by atoms with Crippen LogP contribution in [-0.4, -0.2) is 61.5 Å². The van der Waals surface area contributed by atoms with Crippen LogP contribution in [0.3, 0.4) is 0 Å². The average molecular weight is 353 g/mol. The lowest BCUT2D eigenvalue weighted by atomic mass is 9.91. The molecule has 3 rings (SSSR count). The number of rotatable bonds is 3. The standard InChI is InChI=1S/C15H19N3O3S2/c1-9-5-10-13(16-8-17-14(10)23-9)22-7-12(20)18-4-3-15(2,21)11(19)6-18/h5,8,11,19,21H,3-4,6-7H2,1-2H3/t11-,15+/m0/s1. The van der Waals surface area contributed by atoms with Crippen molar-refractivity contribution in [1.29, 1.82) is 0 Å². The summed E-state index contributed by atoms with van der Waals surface area (Å²) < 4.78 is 0. The Morgan fingerprint density at radius 3 is 3.09 bits per heavy atom. The van der Waals surface area contributed by atoms with Crippen molar-refractivity contribution in [2.45, 2.75) is 37.0 Å². The van der Waals surface area contributed by atoms with E-state index in [4.69, 9.17) is 0 Å². The third kappa shape index (κ3) is 3.50. The molecule has 0 bridgehead atoms. The highest BCUT2D eigenvalue weighted by Gasteiger charge is 2.37. The van der Waals surface area contributed by atoms with E-state index in [1.165, 1.54) is 18.1 Å². The van der Waals surface area contributed by atoms with E-state index >= 15 is 0 Å². The predicted octanol–water partition coefficient (Wildman–Crippen LogP) is 1.44. The highest BCUT2D eigenvalue weighted by Crippen LogP contribution is 2.30. The van der Waals surface area contributed by atoms with E-state index in [0.29, 0.717) is 13.0 Å². The molecule has 1 aliphatic rings. The molecular weight excluding hydrogens is 334 g/mol. The van der Waals surface area contributed by atoms with Crippen molar-refractivity contribution in [3.05, 3.63) is 17.3 Å². The van der Waals surface area contributed by atoms with E-state index in [-0.39, 0.29) is 18.2 Å². The minimum absolute atomic E-state index is 0.0525. The lowest BCUT2D eigenvalue weighted by Crippen LogP contribution is -2.55. The van der Waals surface area contributed by atoms with Gasteiger partial charge in [0, 0.05) is 23.4 Å². The van der Waals surface area contributed by atoms with Crippen LogP contribution in [0.1, 0.15) is 18.2 Å². The Kier molecular flexibility index (Phi) is 4.59. The van der Waals surface area contributed by atoms with E-state index in [2.05, 4.69) is 9.97 Å². The Morgan fingerprint density at radius 2 is 2.35 bits per heavy atom. The van der Waals surface area contributed by atoms with Crippen molar-refractivity contribution in [2.24, 2.45) is 0 Å². The fourth-order valence-electron chi connectivity index (χ4n) is 2.54. The van der Waals surface area contributed by atoms with E-state index in [0.717, 1.165) is 20.1 Å². The number of hydrogen-bond donors (Lipinski definition) is 2. The number of aliphatic hydroxyl groups is 2. The summed E-state index contributed by atoms with van der Waals surface area (Å²) in [5.41, 5.74) is -1.11. The van der Waals surface area contributed by atoms with E-state index in [1.807, 2.05) is 13.0 Å². The first-order chi connectivity index (χ1) is 10.9. The second-order valence-corrected chi connectivity index (χ2v) is 8.20. The molecule has 1 fully saturated rings. The van der Waals surface area contributed by atoms with E-state index in [9.17, 15) is 15.0 Å². The number of hydrogen-bond acceptors (Lipinski definition) is 7. The molecular formula is C15H19N3O3S2. The van der Waals surface area contributed by atoms with Crippen molar-refractivity contribution in [1.82, 2.24) is 14.9 Å². The van der Waals surface area contributed by atoms with Gasteiger partial charge < -0.3 is 15.1 Å². The number of carbonyl (C=O) groups excluding carboxylic acids is 1. The maximum absolute atomic E-state index is 12.3. The van der Waals surface area contributed by atoms with Gasteiger partial charge in [0.15, 0.2) is 0 Å². The molecule has 23 heavy (non-hydrogen) atoms. The molecule has 3 heterocycles. The van der Waals surface area contributed by atoms with Gasteiger partial charge >= 0.3 is 0 Å². The highest BCUT2D eigenvalue weighted by molar-refractivity contribution is 8.00. The summed E-state index contributed by atoms with van der Waals surface area (Å²) in [5.74, 6) is 0.207. The summed E-state index contributed by atoms with van der Waals surface area (Å²) in [6.07, 6.45) is 0.995. The third-order valence-electron chi connectivity index (χ3n) is 4.10. The molecule has 1 saturated heterocycles. The third-order valence-corrected chi connectivity index (χ3v) is 6.05. The lowest BCUT2D eigenvalue weighted by Gasteiger charge is -2.39. The lowest BCUT2D eigenvalue weighted by molar-refractivity contribution is -0.143. The average Bonchev–Trinajstić information content (AvgIpc) is 2.88. The number of piperidine rings is 1. The van der Waals surface area contributed by atoms with Crippen LogP contribution in [0, 0.1) is 6.92 Å². The van der Waals surface area contributed by atoms with Gasteiger partial charge in [-0.05, 0) is 26.3 Å². The van der Waals surface area contributed by atoms with Crippen molar-refractivity contribution >= 4 is 39.2 Å². The zero-order valence-corrected chi connectivity index (χ0v) is 14.7. The van der Waals surface area contributed by atoms with Crippen LogP contribution in [0.25, 0.3) is 10.2 Å². The van der Waals surface area contributed by atoms with Gasteiger partial charge in [-0.3, -0.25) is 4.79 Å². The number of thiophene rings is 1. The molecule has 0 unspecified atom stereocenters. The highest BCUT2D eigenvalue weighted by atomic mass is 32.2. The number of amides is 1. The first-order valence-electron chi connectivity index (χ1n) is 7.39. The number of likely N-dealkylation sites (tertiary alicyclic amines) is 1. The smallest absolute Gasteiger partial charge is 0.233 e. The summed E-state index contributed by atoms with van der Waals surface area (Å²) in [6.45, 7) is 4.25. The maximum Gasteiger partial charge on any atom is 0.233 e. The molecule has 0 saturated carbocycles. The van der Waals surface area contributed by atoms with Crippen LogP contribution in [-0.2, 0) is 4.79 Å². The van der Waals surface area contributed by atoms with Crippen LogP contribution < -0.4 is 0 Å². The van der Waals surface area contributed by atoms with E-state index < -0.39 is 11.7 Å². The summed E-state index contributed by atoms with van der Waals surface area (Å²) in [5, 5.41) is 21.7. The molecule has 1 amide bonds. The fraction of sp³-hybridized carbons (Fsp3) is 0.533. The Balaban J connectivity index is 1.65. The number of thioether (sulfide) groups is 1. The Morgan fingerprint density at radius 1 is 1.57 bits per heavy atom. The van der Waals surface area contributed by atoms with E-state index in [1.54, 1.807) is 23.2 Å². The normalized spacial score (nSPS) is 25.0. The van der Waals surface area contributed by atoms with Crippen LogP contribution in [0.5, 0.6) is 0 Å². The molecule has 1 aliphatic heterocycles. The first kappa shape index (κ1) is 16.6. The van der Waals surface area contributed by atoms with Gasteiger partial charge in [0.25, 0.3) is 0 Å². The van der Waals surface area contributed by atoms with Gasteiger partial charge in [-0.1, -0.05) is 11.8 Å². The summed E-state index contributed by atoms with van der Waals surface area (Å²) in [6, 6.07) is 2.04. The molecule has 0 aliphatic carbocycles. The topological polar surface area (TPSA) is 86.6 Å². The van der Waals surface area contributed by atoms with Gasteiger partial charge in [0.05, 0.1) is 17.5 Å². The number of fused-ring (bicyclic) bond motifs is 1. The molecule has 2 atom stereocenters. The van der Waals surface area contributed by atoms with Crippen molar-refractivity contribution in [3.63, 3.8) is 0 Å². The molecule has 0 aromatic carbocycles. The number of aryl methyl sites for hydroxylation is 1. The molecule has 0 spiro atoms. The predicted molar refractivity (Wildman–Crippen MR) is 90.7 cm³/mol. The second kappa shape index (κ2) is 6.35. The molecule has 2 aromatic heterocycles. The van der Waals surface area contributed by atoms with Crippen LogP contribution in [0.4, 0.5) is 0 Å². The van der Waals surface area contributed by atoms with Crippen LogP contribution >= 0.6 is 23.1 Å². The van der Waals surface area contributed by atoms with Crippen LogP contribution in [0.2, 0.25) is 0 Å². The number of nitrogens with zero attached hydrogens (tertiary/aromatic N) is 3. The number of aromatic nitrogens is 2. The summed E-state index contributed by atoms with van der Waals surface area (Å²) in [7, 11) is 0. The second-order valence-electron chi connectivity index (χ2n) is 6.01. The molecule has 8 heteroatoms. The number of aliphatic hydroxyl groups excluding tert-OH is 1. The van der Waals surface area contributed by atoms with Gasteiger partial charge in [-0.25, -0.2) is 9.97 Å². The van der Waals surface area contributed by atoms with Gasteiger partial charge in [-0.15, -0.1) is 11.3 Å².